The van der Waals surface area contributed by atoms with Gasteiger partial charge >= 0.3 is 0 Å². The second-order valence-corrected chi connectivity index (χ2v) is 4.36. The summed E-state index contributed by atoms with van der Waals surface area (Å²) < 4.78 is 0. The minimum Gasteiger partial charge on any atom is -0.350 e. The van der Waals surface area contributed by atoms with E-state index in [4.69, 9.17) is 0 Å². The van der Waals surface area contributed by atoms with Crippen LogP contribution in [0.25, 0.3) is 0 Å². The third kappa shape index (κ3) is 2.83. The van der Waals surface area contributed by atoms with E-state index in [-0.39, 0.29) is 12.4 Å². The number of likely N-dealkylation sites (N-methyl/N-ethyl adjacent to an activating group) is 1. The molecule has 14 heavy (non-hydrogen) atoms. The maximum Gasteiger partial charge on any atom is 0.185 e. The molecule has 2 rings (SSSR count). The summed E-state index contributed by atoms with van der Waals surface area (Å²) in [5.41, 5.74) is 0. The average Bonchev–Trinajstić information content (AvgIpc) is 2.74. The molecule has 0 saturated carbocycles. The lowest BCUT2D eigenvalue weighted by molar-refractivity contribution is 0.599. The lowest BCUT2D eigenvalue weighted by atomic mass is 10.2. The van der Waals surface area contributed by atoms with Crippen LogP contribution in [0.15, 0.2) is 11.6 Å². The Balaban J connectivity index is 0.000000980. The Hall–Kier alpha value is -0.320. The summed E-state index contributed by atoms with van der Waals surface area (Å²) in [5.74, 6) is 0. The van der Waals surface area contributed by atoms with Gasteiger partial charge in [-0.2, -0.15) is 0 Å². The number of aromatic nitrogens is 1. The van der Waals surface area contributed by atoms with Crippen molar-refractivity contribution >= 4 is 28.9 Å². The van der Waals surface area contributed by atoms with Gasteiger partial charge < -0.3 is 10.2 Å². The number of rotatable bonds is 3. The summed E-state index contributed by atoms with van der Waals surface area (Å²) in [6.45, 7) is 2.25. The maximum atomic E-state index is 4.27. The Morgan fingerprint density at radius 2 is 2.57 bits per heavy atom. The first kappa shape index (κ1) is 11.8. The fraction of sp³-hybridized carbons (Fsp3) is 0.667. The third-order valence-electron chi connectivity index (χ3n) is 2.40. The van der Waals surface area contributed by atoms with E-state index in [0.717, 1.165) is 11.7 Å². The van der Waals surface area contributed by atoms with Crippen LogP contribution in [0.2, 0.25) is 0 Å². The first-order valence-electron chi connectivity index (χ1n) is 4.70. The highest BCUT2D eigenvalue weighted by Crippen LogP contribution is 2.17. The topological polar surface area (TPSA) is 28.2 Å². The fourth-order valence-electron chi connectivity index (χ4n) is 1.73. The smallest absolute Gasteiger partial charge is 0.185 e. The molecule has 1 saturated heterocycles. The molecule has 1 aromatic heterocycles. The van der Waals surface area contributed by atoms with Crippen LogP contribution in [0, 0.1) is 0 Å². The first-order chi connectivity index (χ1) is 6.36. The molecular weight excluding hydrogens is 218 g/mol. The highest BCUT2D eigenvalue weighted by Gasteiger charge is 2.16. The zero-order chi connectivity index (χ0) is 9.10. The summed E-state index contributed by atoms with van der Waals surface area (Å²) in [6.07, 6.45) is 4.48. The first-order valence-corrected chi connectivity index (χ1v) is 5.58. The zero-order valence-corrected chi connectivity index (χ0v) is 9.90. The quantitative estimate of drug-likeness (QED) is 0.863. The molecule has 1 fully saturated rings. The molecule has 0 amide bonds. The lowest BCUT2D eigenvalue weighted by Crippen LogP contribution is -2.35. The van der Waals surface area contributed by atoms with Gasteiger partial charge in [0.15, 0.2) is 5.13 Å². The van der Waals surface area contributed by atoms with Crippen molar-refractivity contribution in [2.24, 2.45) is 0 Å². The molecule has 1 aliphatic heterocycles. The zero-order valence-electron chi connectivity index (χ0n) is 8.27. The standard InChI is InChI=1S/C9H15N3S.ClH/c1-12(9-11-5-6-13-9)7-8-3-2-4-10-8;/h5-6,8,10H,2-4,7H2,1H3;1H. The van der Waals surface area contributed by atoms with Gasteiger partial charge in [-0.05, 0) is 19.4 Å². The highest BCUT2D eigenvalue weighted by molar-refractivity contribution is 7.13. The van der Waals surface area contributed by atoms with E-state index in [1.807, 2.05) is 11.6 Å². The number of hydrogen-bond acceptors (Lipinski definition) is 4. The molecular formula is C9H16ClN3S. The van der Waals surface area contributed by atoms with Gasteiger partial charge in [0.05, 0.1) is 0 Å². The van der Waals surface area contributed by atoms with Crippen molar-refractivity contribution in [2.45, 2.75) is 18.9 Å². The summed E-state index contributed by atoms with van der Waals surface area (Å²) in [7, 11) is 2.11. The van der Waals surface area contributed by atoms with Crippen molar-refractivity contribution in [1.29, 1.82) is 0 Å². The number of anilines is 1. The van der Waals surface area contributed by atoms with Crippen LogP contribution in [0.1, 0.15) is 12.8 Å². The predicted octanol–water partition coefficient (Wildman–Crippen LogP) is 1.75. The molecule has 1 aliphatic rings. The summed E-state index contributed by atoms with van der Waals surface area (Å²) in [5, 5.41) is 6.63. The molecule has 0 aliphatic carbocycles. The van der Waals surface area contributed by atoms with E-state index in [0.29, 0.717) is 6.04 Å². The van der Waals surface area contributed by atoms with Crippen molar-refractivity contribution in [1.82, 2.24) is 10.3 Å². The second kappa shape index (κ2) is 5.53. The number of hydrogen-bond donors (Lipinski definition) is 1. The van der Waals surface area contributed by atoms with Crippen LogP contribution >= 0.6 is 23.7 Å². The number of halogens is 1. The van der Waals surface area contributed by atoms with Gasteiger partial charge in [-0.3, -0.25) is 0 Å². The number of thiazole rings is 1. The molecule has 0 radical (unpaired) electrons. The molecule has 1 aromatic rings. The van der Waals surface area contributed by atoms with Crippen LogP contribution in [0.5, 0.6) is 0 Å². The predicted molar refractivity (Wildman–Crippen MR) is 63.7 cm³/mol. The van der Waals surface area contributed by atoms with Crippen LogP contribution in [-0.4, -0.2) is 31.2 Å². The van der Waals surface area contributed by atoms with Crippen molar-refractivity contribution < 1.29 is 0 Å². The van der Waals surface area contributed by atoms with Gasteiger partial charge in [-0.15, -0.1) is 23.7 Å². The molecule has 2 heterocycles. The van der Waals surface area contributed by atoms with Gasteiger partial charge in [0.2, 0.25) is 0 Å². The molecule has 1 atom stereocenters. The molecule has 80 valence electrons. The molecule has 0 aromatic carbocycles. The minimum atomic E-state index is 0. The van der Waals surface area contributed by atoms with Crippen molar-refractivity contribution in [3.63, 3.8) is 0 Å². The minimum absolute atomic E-state index is 0. The third-order valence-corrected chi connectivity index (χ3v) is 3.29. The fourth-order valence-corrected chi connectivity index (χ4v) is 2.35. The molecule has 3 nitrogen and oxygen atoms in total. The Morgan fingerprint density at radius 3 is 3.14 bits per heavy atom. The average molecular weight is 234 g/mol. The van der Waals surface area contributed by atoms with E-state index >= 15 is 0 Å². The summed E-state index contributed by atoms with van der Waals surface area (Å²) in [6, 6.07) is 0.661. The van der Waals surface area contributed by atoms with Gasteiger partial charge in [-0.1, -0.05) is 0 Å². The number of nitrogens with one attached hydrogen (secondary N) is 1. The highest BCUT2D eigenvalue weighted by atomic mass is 35.5. The number of nitrogens with zero attached hydrogens (tertiary/aromatic N) is 2. The Labute approximate surface area is 94.9 Å². The van der Waals surface area contributed by atoms with Crippen molar-refractivity contribution in [3.8, 4) is 0 Å². The SMILES string of the molecule is CN(CC1CCCN1)c1nccs1.Cl. The molecule has 1 N–H and O–H groups in total. The monoisotopic (exact) mass is 233 g/mol. The normalized spacial score (nSPS) is 20.5. The van der Waals surface area contributed by atoms with Crippen molar-refractivity contribution in [3.05, 3.63) is 11.6 Å². The van der Waals surface area contributed by atoms with Crippen LogP contribution in [-0.2, 0) is 0 Å². The van der Waals surface area contributed by atoms with Gasteiger partial charge in [0, 0.05) is 31.2 Å². The van der Waals surface area contributed by atoms with Crippen LogP contribution in [0.3, 0.4) is 0 Å². The summed E-state index contributed by atoms with van der Waals surface area (Å²) in [4.78, 5) is 6.50. The van der Waals surface area contributed by atoms with Crippen molar-refractivity contribution in [2.75, 3.05) is 25.0 Å². The van der Waals surface area contributed by atoms with E-state index in [1.165, 1.54) is 19.4 Å². The van der Waals surface area contributed by atoms with Crippen LogP contribution < -0.4 is 10.2 Å². The largest absolute Gasteiger partial charge is 0.350 e. The van der Waals surface area contributed by atoms with Gasteiger partial charge in [0.1, 0.15) is 0 Å². The van der Waals surface area contributed by atoms with E-state index in [1.54, 1.807) is 11.3 Å². The van der Waals surface area contributed by atoms with Gasteiger partial charge in [-0.25, -0.2) is 4.98 Å². The Bertz CT molecular complexity index is 247. The second-order valence-electron chi connectivity index (χ2n) is 3.49. The Morgan fingerprint density at radius 1 is 1.71 bits per heavy atom. The molecule has 0 bridgehead atoms. The summed E-state index contributed by atoms with van der Waals surface area (Å²) >= 11 is 1.70. The van der Waals surface area contributed by atoms with E-state index in [9.17, 15) is 0 Å². The molecule has 1 unspecified atom stereocenters. The van der Waals surface area contributed by atoms with E-state index < -0.39 is 0 Å². The maximum absolute atomic E-state index is 4.27. The van der Waals surface area contributed by atoms with E-state index in [2.05, 4.69) is 22.2 Å². The Kier molecular flexibility index (Phi) is 4.65. The van der Waals surface area contributed by atoms with Crippen LogP contribution in [0.4, 0.5) is 5.13 Å². The molecule has 0 spiro atoms. The lowest BCUT2D eigenvalue weighted by Gasteiger charge is -2.20. The molecule has 5 heteroatoms. The van der Waals surface area contributed by atoms with Gasteiger partial charge in [0.25, 0.3) is 0 Å².